The van der Waals surface area contributed by atoms with Crippen molar-refractivity contribution in [3.05, 3.63) is 87.1 Å². The third kappa shape index (κ3) is 4.35. The molecular weight excluding hydrogens is 499 g/mol. The van der Waals surface area contributed by atoms with E-state index in [9.17, 15) is 9.90 Å². The highest BCUT2D eigenvalue weighted by molar-refractivity contribution is 6.35. The molecule has 2 N–H and O–H groups in total. The summed E-state index contributed by atoms with van der Waals surface area (Å²) in [6.07, 6.45) is 1.45. The number of nitrogens with one attached hydrogen (secondary N) is 1. The molecule has 0 saturated carbocycles. The SMILES string of the molecule is O=C(O)/C(=C\c1nc(-c2cc(Cl)ccc2Cl)c(-c2ccc3c(c2)OCO3)[nH]1)c1cccc(Cl)c1. The first kappa shape index (κ1) is 22.3. The maximum absolute atomic E-state index is 12.1. The van der Waals surface area contributed by atoms with Crippen LogP contribution >= 0.6 is 34.8 Å². The van der Waals surface area contributed by atoms with Gasteiger partial charge in [0.05, 0.1) is 22.0 Å². The van der Waals surface area contributed by atoms with Crippen LogP contribution < -0.4 is 9.47 Å². The fourth-order valence-electron chi connectivity index (χ4n) is 3.66. The Balaban J connectivity index is 1.70. The van der Waals surface area contributed by atoms with Gasteiger partial charge in [0, 0.05) is 21.2 Å². The average molecular weight is 514 g/mol. The smallest absolute Gasteiger partial charge is 0.336 e. The number of nitrogens with zero attached hydrogens (tertiary/aromatic N) is 1. The van der Waals surface area contributed by atoms with Crippen LogP contribution in [0.1, 0.15) is 11.4 Å². The normalized spacial score (nSPS) is 12.7. The number of ether oxygens (including phenoxy) is 2. The number of H-pyrrole nitrogens is 1. The molecule has 1 aliphatic rings. The van der Waals surface area contributed by atoms with E-state index in [0.717, 1.165) is 5.56 Å². The Kier molecular flexibility index (Phi) is 5.96. The summed E-state index contributed by atoms with van der Waals surface area (Å²) in [6, 6.07) is 17.2. The highest BCUT2D eigenvalue weighted by Gasteiger charge is 2.21. The lowest BCUT2D eigenvalue weighted by atomic mass is 10.0. The second kappa shape index (κ2) is 9.06. The zero-order valence-electron chi connectivity index (χ0n) is 17.3. The van der Waals surface area contributed by atoms with E-state index in [0.29, 0.717) is 54.9 Å². The number of carbonyl (C=O) groups is 1. The Labute approximate surface area is 209 Å². The number of rotatable bonds is 5. The largest absolute Gasteiger partial charge is 0.478 e. The van der Waals surface area contributed by atoms with Crippen molar-refractivity contribution in [2.45, 2.75) is 0 Å². The van der Waals surface area contributed by atoms with Gasteiger partial charge in [0.2, 0.25) is 6.79 Å². The molecule has 0 unspecified atom stereocenters. The van der Waals surface area contributed by atoms with Gasteiger partial charge in [0.25, 0.3) is 0 Å². The van der Waals surface area contributed by atoms with Gasteiger partial charge in [-0.25, -0.2) is 9.78 Å². The number of halogens is 3. The third-order valence-corrected chi connectivity index (χ3v) is 6.01. The molecule has 0 bridgehead atoms. The van der Waals surface area contributed by atoms with E-state index in [-0.39, 0.29) is 12.4 Å². The highest BCUT2D eigenvalue weighted by Crippen LogP contribution is 2.40. The molecule has 0 amide bonds. The molecule has 3 aromatic carbocycles. The number of aromatic nitrogens is 2. The molecule has 1 aromatic heterocycles. The maximum Gasteiger partial charge on any atom is 0.336 e. The van der Waals surface area contributed by atoms with E-state index >= 15 is 0 Å². The van der Waals surface area contributed by atoms with Gasteiger partial charge in [-0.2, -0.15) is 0 Å². The van der Waals surface area contributed by atoms with Crippen LogP contribution in [0.2, 0.25) is 15.1 Å². The highest BCUT2D eigenvalue weighted by atomic mass is 35.5. The molecule has 5 rings (SSSR count). The lowest BCUT2D eigenvalue weighted by Crippen LogP contribution is -2.00. The molecule has 0 spiro atoms. The zero-order valence-corrected chi connectivity index (χ0v) is 19.6. The van der Waals surface area contributed by atoms with Gasteiger partial charge in [0.1, 0.15) is 5.82 Å². The second-order valence-corrected chi connectivity index (χ2v) is 8.69. The molecular formula is C25H15Cl3N2O4. The summed E-state index contributed by atoms with van der Waals surface area (Å²) in [5.41, 5.74) is 2.94. The Morgan fingerprint density at radius 1 is 0.971 bits per heavy atom. The number of carboxylic acid groups (broad SMARTS) is 1. The minimum absolute atomic E-state index is 0.0252. The van der Waals surface area contributed by atoms with E-state index in [4.69, 9.17) is 44.3 Å². The van der Waals surface area contributed by atoms with Crippen LogP contribution in [-0.4, -0.2) is 27.8 Å². The number of hydrogen-bond donors (Lipinski definition) is 2. The summed E-state index contributed by atoms with van der Waals surface area (Å²) in [5.74, 6) is 0.430. The summed E-state index contributed by atoms with van der Waals surface area (Å²) in [6.45, 7) is 0.143. The zero-order chi connectivity index (χ0) is 23.8. The fraction of sp³-hybridized carbons (Fsp3) is 0.0400. The first-order valence-corrected chi connectivity index (χ1v) is 11.2. The van der Waals surface area contributed by atoms with E-state index in [1.54, 1.807) is 48.5 Å². The number of fused-ring (bicyclic) bond motifs is 1. The van der Waals surface area contributed by atoms with Gasteiger partial charge in [-0.3, -0.25) is 0 Å². The van der Waals surface area contributed by atoms with Crippen LogP contribution in [0.5, 0.6) is 11.5 Å². The summed E-state index contributed by atoms with van der Waals surface area (Å²) < 4.78 is 10.9. The quantitative estimate of drug-likeness (QED) is 0.279. The van der Waals surface area contributed by atoms with Crippen molar-refractivity contribution in [2.75, 3.05) is 6.79 Å². The number of aliphatic carboxylic acids is 1. The van der Waals surface area contributed by atoms with Gasteiger partial charge in [-0.05, 0) is 60.2 Å². The van der Waals surface area contributed by atoms with E-state index in [1.165, 1.54) is 6.08 Å². The predicted octanol–water partition coefficient (Wildman–Crippen LogP) is 7.06. The predicted molar refractivity (Wildman–Crippen MR) is 133 cm³/mol. The molecule has 0 fully saturated rings. The van der Waals surface area contributed by atoms with Gasteiger partial charge in [-0.15, -0.1) is 0 Å². The summed E-state index contributed by atoms with van der Waals surface area (Å²) in [7, 11) is 0. The van der Waals surface area contributed by atoms with Crippen LogP contribution in [0.15, 0.2) is 60.7 Å². The number of aromatic amines is 1. The first-order chi connectivity index (χ1) is 16.4. The number of imidazole rings is 1. The average Bonchev–Trinajstić information content (AvgIpc) is 3.45. The van der Waals surface area contributed by atoms with Crippen molar-refractivity contribution in [1.82, 2.24) is 9.97 Å². The van der Waals surface area contributed by atoms with Gasteiger partial charge in [-0.1, -0.05) is 46.9 Å². The second-order valence-electron chi connectivity index (χ2n) is 7.41. The Bertz CT molecular complexity index is 1460. The molecule has 170 valence electrons. The molecule has 0 radical (unpaired) electrons. The maximum atomic E-state index is 12.1. The number of hydrogen-bond acceptors (Lipinski definition) is 4. The third-order valence-electron chi connectivity index (χ3n) is 5.21. The molecule has 1 aliphatic heterocycles. The monoisotopic (exact) mass is 512 g/mol. The van der Waals surface area contributed by atoms with Gasteiger partial charge >= 0.3 is 5.97 Å². The van der Waals surface area contributed by atoms with Crippen molar-refractivity contribution in [1.29, 1.82) is 0 Å². The minimum atomic E-state index is -1.12. The Hall–Kier alpha value is -3.45. The van der Waals surface area contributed by atoms with Crippen LogP contribution in [0.3, 0.4) is 0 Å². The van der Waals surface area contributed by atoms with Crippen molar-refractivity contribution in [3.63, 3.8) is 0 Å². The molecule has 0 saturated heterocycles. The Morgan fingerprint density at radius 2 is 1.76 bits per heavy atom. The molecule has 9 heteroatoms. The van der Waals surface area contributed by atoms with E-state index < -0.39 is 5.97 Å². The van der Waals surface area contributed by atoms with Crippen molar-refractivity contribution in [3.8, 4) is 34.0 Å². The standard InChI is InChI=1S/C25H15Cl3N2O4/c26-15-3-1-2-13(8-15)17(25(31)32)11-22-29-23(14-4-7-20-21(9-14)34-12-33-20)24(30-22)18-10-16(27)5-6-19(18)28/h1-11H,12H2,(H,29,30)(H,31,32)/b17-11-. The first-order valence-electron chi connectivity index (χ1n) is 10.1. The topological polar surface area (TPSA) is 84.4 Å². The van der Waals surface area contributed by atoms with E-state index in [1.807, 2.05) is 12.1 Å². The van der Waals surface area contributed by atoms with Crippen LogP contribution in [0.25, 0.3) is 34.2 Å². The van der Waals surface area contributed by atoms with E-state index in [2.05, 4.69) is 9.97 Å². The molecule has 6 nitrogen and oxygen atoms in total. The molecule has 34 heavy (non-hydrogen) atoms. The molecule has 2 heterocycles. The number of carboxylic acids is 1. The fourth-order valence-corrected chi connectivity index (χ4v) is 4.23. The van der Waals surface area contributed by atoms with Crippen molar-refractivity contribution >= 4 is 52.4 Å². The van der Waals surface area contributed by atoms with Crippen LogP contribution in [-0.2, 0) is 4.79 Å². The minimum Gasteiger partial charge on any atom is -0.478 e. The molecule has 4 aromatic rings. The van der Waals surface area contributed by atoms with Crippen LogP contribution in [0, 0.1) is 0 Å². The summed E-state index contributed by atoms with van der Waals surface area (Å²) in [4.78, 5) is 20.0. The number of benzene rings is 3. The van der Waals surface area contributed by atoms with Crippen molar-refractivity contribution in [2.24, 2.45) is 0 Å². The Morgan fingerprint density at radius 3 is 2.56 bits per heavy atom. The lowest BCUT2D eigenvalue weighted by molar-refractivity contribution is -0.130. The summed E-state index contributed by atoms with van der Waals surface area (Å²) >= 11 is 18.8. The molecule has 0 atom stereocenters. The van der Waals surface area contributed by atoms with Crippen molar-refractivity contribution < 1.29 is 19.4 Å². The molecule has 0 aliphatic carbocycles. The summed E-state index contributed by atoms with van der Waals surface area (Å²) in [5, 5.41) is 11.2. The van der Waals surface area contributed by atoms with Gasteiger partial charge < -0.3 is 19.6 Å². The van der Waals surface area contributed by atoms with Crippen LogP contribution in [0.4, 0.5) is 0 Å². The van der Waals surface area contributed by atoms with Gasteiger partial charge in [0.15, 0.2) is 11.5 Å². The lowest BCUT2D eigenvalue weighted by Gasteiger charge is -2.07.